The average Bonchev–Trinajstić information content (AvgIpc) is 2.77. The van der Waals surface area contributed by atoms with Gasteiger partial charge in [-0.1, -0.05) is 23.2 Å². The van der Waals surface area contributed by atoms with Crippen LogP contribution >= 0.6 is 23.2 Å². The first kappa shape index (κ1) is 23.8. The van der Waals surface area contributed by atoms with Gasteiger partial charge in [-0.2, -0.15) is 0 Å². The number of benzene rings is 2. The van der Waals surface area contributed by atoms with E-state index in [9.17, 15) is 13.6 Å². The highest BCUT2D eigenvalue weighted by molar-refractivity contribution is 6.42. The normalized spacial score (nSPS) is 11.8. The van der Waals surface area contributed by atoms with Crippen molar-refractivity contribution in [1.29, 1.82) is 0 Å². The Morgan fingerprint density at radius 2 is 2.00 bits per heavy atom. The summed E-state index contributed by atoms with van der Waals surface area (Å²) in [7, 11) is 4.98. The van der Waals surface area contributed by atoms with E-state index in [1.165, 1.54) is 31.6 Å². The van der Waals surface area contributed by atoms with Crippen LogP contribution in [0.3, 0.4) is 0 Å². The van der Waals surface area contributed by atoms with E-state index in [-0.39, 0.29) is 28.0 Å². The summed E-state index contributed by atoms with van der Waals surface area (Å²) in [6.07, 6.45) is 2.29. The summed E-state index contributed by atoms with van der Waals surface area (Å²) in [5.41, 5.74) is 0.982. The molecule has 1 N–H and O–H groups in total. The highest BCUT2D eigenvalue weighted by atomic mass is 35.5. The first-order chi connectivity index (χ1) is 15.2. The van der Waals surface area contributed by atoms with Gasteiger partial charge in [-0.3, -0.25) is 4.79 Å². The van der Waals surface area contributed by atoms with E-state index < -0.39 is 17.4 Å². The van der Waals surface area contributed by atoms with Crippen LogP contribution in [-0.2, 0) is 11.2 Å². The number of allylic oxidation sites excluding steroid dienone is 1. The number of ketones is 1. The van der Waals surface area contributed by atoms with Crippen LogP contribution in [-0.4, -0.2) is 48.4 Å². The van der Waals surface area contributed by atoms with Gasteiger partial charge < -0.3 is 15.0 Å². The molecule has 1 heterocycles. The van der Waals surface area contributed by atoms with Gasteiger partial charge in [-0.05, 0) is 38.4 Å². The maximum absolute atomic E-state index is 14.5. The van der Waals surface area contributed by atoms with Gasteiger partial charge in [0, 0.05) is 30.0 Å². The second kappa shape index (κ2) is 10.2. The van der Waals surface area contributed by atoms with E-state index in [4.69, 9.17) is 27.9 Å². The largest absolute Gasteiger partial charge is 0.496 e. The van der Waals surface area contributed by atoms with Crippen LogP contribution in [0, 0.1) is 5.82 Å². The van der Waals surface area contributed by atoms with Crippen molar-refractivity contribution in [2.24, 2.45) is 0 Å². The minimum absolute atomic E-state index is 0.0607. The Labute approximate surface area is 193 Å². The number of carbonyl (C=O) groups is 1. The lowest BCUT2D eigenvalue weighted by Crippen LogP contribution is -2.13. The van der Waals surface area contributed by atoms with E-state index in [2.05, 4.69) is 15.3 Å². The SMILES string of the molecule is COc1cc2ncnc(Nc3ccc(Cl)c(Cl)c3F)c2cc1CC(=O)C(F)=CCN(C)C. The molecule has 2 aromatic carbocycles. The number of Topliss-reactive ketones (excluding diaryl/α,β-unsaturated/α-hetero) is 1. The number of aromatic nitrogens is 2. The molecule has 32 heavy (non-hydrogen) atoms. The number of likely N-dealkylation sites (N-methyl/N-ethyl adjacent to an activating group) is 1. The molecule has 0 radical (unpaired) electrons. The number of nitrogens with one attached hydrogen (secondary N) is 1. The van der Waals surface area contributed by atoms with E-state index in [0.29, 0.717) is 28.8 Å². The summed E-state index contributed by atoms with van der Waals surface area (Å²) in [6, 6.07) is 6.10. The molecule has 168 valence electrons. The molecule has 3 rings (SSSR count). The Kier molecular flexibility index (Phi) is 7.60. The number of hydrogen-bond acceptors (Lipinski definition) is 6. The molecule has 10 heteroatoms. The number of anilines is 2. The van der Waals surface area contributed by atoms with Crippen molar-refractivity contribution < 1.29 is 18.3 Å². The Morgan fingerprint density at radius 1 is 1.25 bits per heavy atom. The van der Waals surface area contributed by atoms with Crippen LogP contribution in [0.4, 0.5) is 20.3 Å². The number of hydrogen-bond donors (Lipinski definition) is 1. The monoisotopic (exact) mass is 480 g/mol. The molecule has 0 saturated carbocycles. The lowest BCUT2D eigenvalue weighted by atomic mass is 10.0. The predicted octanol–water partition coefficient (Wildman–Crippen LogP) is 5.35. The number of halogens is 4. The van der Waals surface area contributed by atoms with E-state index >= 15 is 0 Å². The average molecular weight is 481 g/mol. The second-order valence-electron chi connectivity index (χ2n) is 7.17. The highest BCUT2D eigenvalue weighted by Gasteiger charge is 2.17. The molecule has 0 spiro atoms. The van der Waals surface area contributed by atoms with Gasteiger partial charge in [0.2, 0.25) is 0 Å². The number of nitrogens with zero attached hydrogens (tertiary/aromatic N) is 3. The van der Waals surface area contributed by atoms with Crippen LogP contribution in [0.25, 0.3) is 10.9 Å². The smallest absolute Gasteiger partial charge is 0.195 e. The van der Waals surface area contributed by atoms with Crippen molar-refractivity contribution in [3.8, 4) is 5.75 Å². The first-order valence-electron chi connectivity index (χ1n) is 9.47. The molecule has 0 bridgehead atoms. The zero-order chi connectivity index (χ0) is 23.4. The van der Waals surface area contributed by atoms with Crippen LogP contribution in [0.2, 0.25) is 10.0 Å². The highest BCUT2D eigenvalue weighted by Crippen LogP contribution is 2.34. The van der Waals surface area contributed by atoms with Crippen LogP contribution in [0.5, 0.6) is 5.75 Å². The zero-order valence-corrected chi connectivity index (χ0v) is 19.1. The molecular weight excluding hydrogens is 461 g/mol. The molecule has 0 unspecified atom stereocenters. The summed E-state index contributed by atoms with van der Waals surface area (Å²) in [5, 5.41) is 3.22. The van der Waals surface area contributed by atoms with Crippen molar-refractivity contribution >= 4 is 51.4 Å². The lowest BCUT2D eigenvalue weighted by Gasteiger charge is -2.13. The van der Waals surface area contributed by atoms with Crippen molar-refractivity contribution in [1.82, 2.24) is 14.9 Å². The number of rotatable bonds is 8. The number of methoxy groups -OCH3 is 1. The number of fused-ring (bicyclic) bond motifs is 1. The van der Waals surface area contributed by atoms with E-state index in [1.54, 1.807) is 31.1 Å². The van der Waals surface area contributed by atoms with E-state index in [1.807, 2.05) is 0 Å². The summed E-state index contributed by atoms with van der Waals surface area (Å²) in [4.78, 5) is 22.5. The van der Waals surface area contributed by atoms with Gasteiger partial charge in [0.15, 0.2) is 17.4 Å². The van der Waals surface area contributed by atoms with Crippen molar-refractivity contribution in [3.05, 3.63) is 63.9 Å². The maximum Gasteiger partial charge on any atom is 0.195 e. The van der Waals surface area contributed by atoms with Gasteiger partial charge in [0.1, 0.15) is 17.9 Å². The summed E-state index contributed by atoms with van der Waals surface area (Å²) >= 11 is 11.7. The van der Waals surface area contributed by atoms with Crippen LogP contribution < -0.4 is 10.1 Å². The number of ether oxygens (including phenoxy) is 1. The van der Waals surface area contributed by atoms with Crippen molar-refractivity contribution in [2.75, 3.05) is 33.1 Å². The Hall–Kier alpha value is -2.81. The Morgan fingerprint density at radius 3 is 2.69 bits per heavy atom. The molecule has 3 aromatic rings. The molecular formula is C22H20Cl2F2N4O2. The van der Waals surface area contributed by atoms with Gasteiger partial charge >= 0.3 is 0 Å². The lowest BCUT2D eigenvalue weighted by molar-refractivity contribution is -0.116. The second-order valence-corrected chi connectivity index (χ2v) is 7.95. The molecule has 0 aliphatic carbocycles. The third-order valence-corrected chi connectivity index (χ3v) is 5.36. The minimum atomic E-state index is -0.832. The third kappa shape index (κ3) is 5.32. The van der Waals surface area contributed by atoms with Crippen molar-refractivity contribution in [3.63, 3.8) is 0 Å². The Bertz CT molecular complexity index is 1200. The van der Waals surface area contributed by atoms with Gasteiger partial charge in [-0.25, -0.2) is 18.7 Å². The van der Waals surface area contributed by atoms with Crippen LogP contribution in [0.1, 0.15) is 5.56 Å². The quantitative estimate of drug-likeness (QED) is 0.346. The number of carbonyl (C=O) groups excluding carboxylic acids is 1. The zero-order valence-electron chi connectivity index (χ0n) is 17.5. The van der Waals surface area contributed by atoms with E-state index in [0.717, 1.165) is 0 Å². The van der Waals surface area contributed by atoms with Gasteiger partial charge in [0.25, 0.3) is 0 Å². The molecule has 0 amide bonds. The first-order valence-corrected chi connectivity index (χ1v) is 10.2. The predicted molar refractivity (Wildman–Crippen MR) is 122 cm³/mol. The fraction of sp³-hybridized carbons (Fsp3) is 0.227. The molecule has 1 aromatic heterocycles. The fourth-order valence-electron chi connectivity index (χ4n) is 2.94. The summed E-state index contributed by atoms with van der Waals surface area (Å²) in [5.74, 6) is -1.61. The fourth-order valence-corrected chi connectivity index (χ4v) is 3.25. The summed E-state index contributed by atoms with van der Waals surface area (Å²) < 4.78 is 34.1. The maximum atomic E-state index is 14.5. The molecule has 0 fully saturated rings. The molecule has 0 aliphatic heterocycles. The standard InChI is InChI=1S/C22H20Cl2F2N4O2/c1-30(2)7-6-15(25)18(31)9-12-8-13-17(10-19(12)32-3)27-11-28-22(13)29-16-5-4-14(23)20(24)21(16)26/h4-6,8,10-11H,7,9H2,1-3H3,(H,27,28,29). The molecule has 0 atom stereocenters. The van der Waals surface area contributed by atoms with Crippen LogP contribution in [0.15, 0.2) is 42.5 Å². The topological polar surface area (TPSA) is 67.4 Å². The summed E-state index contributed by atoms with van der Waals surface area (Å²) in [6.45, 7) is 0.295. The van der Waals surface area contributed by atoms with Crippen molar-refractivity contribution in [2.45, 2.75) is 6.42 Å². The minimum Gasteiger partial charge on any atom is -0.496 e. The molecule has 0 saturated heterocycles. The van der Waals surface area contributed by atoms with Gasteiger partial charge in [-0.15, -0.1) is 0 Å². The Balaban J connectivity index is 2.00. The van der Waals surface area contributed by atoms with Gasteiger partial charge in [0.05, 0.1) is 28.4 Å². The molecule has 0 aliphatic rings. The molecule has 6 nitrogen and oxygen atoms in total. The third-order valence-electron chi connectivity index (χ3n) is 4.58.